The lowest BCUT2D eigenvalue weighted by molar-refractivity contribution is 0.199. The summed E-state index contributed by atoms with van der Waals surface area (Å²) in [6.45, 7) is 1.86. The Labute approximate surface area is 137 Å². The van der Waals surface area contributed by atoms with Gasteiger partial charge in [0, 0.05) is 18.4 Å². The smallest absolute Gasteiger partial charge is 0.191 e. The summed E-state index contributed by atoms with van der Waals surface area (Å²) in [5, 5.41) is 19.1. The lowest BCUT2D eigenvalue weighted by Gasteiger charge is -2.11. The lowest BCUT2D eigenvalue weighted by Crippen LogP contribution is -2.04. The van der Waals surface area contributed by atoms with Crippen LogP contribution in [0, 0.1) is 12.7 Å². The van der Waals surface area contributed by atoms with Crippen molar-refractivity contribution >= 4 is 11.8 Å². The largest absolute Gasteiger partial charge is 0.469 e. The first-order chi connectivity index (χ1) is 11.1. The number of hydrogen-bond acceptors (Lipinski definition) is 5. The van der Waals surface area contributed by atoms with Gasteiger partial charge in [0.1, 0.15) is 11.6 Å². The second-order valence-electron chi connectivity index (χ2n) is 5.10. The molecule has 0 saturated heterocycles. The lowest BCUT2D eigenvalue weighted by atomic mass is 10.1. The minimum absolute atomic E-state index is 0.285. The first kappa shape index (κ1) is 15.8. The van der Waals surface area contributed by atoms with Crippen LogP contribution in [0.4, 0.5) is 4.39 Å². The maximum atomic E-state index is 13.7. The van der Waals surface area contributed by atoms with Crippen molar-refractivity contribution in [1.29, 1.82) is 0 Å². The summed E-state index contributed by atoms with van der Waals surface area (Å²) < 4.78 is 20.8. The summed E-state index contributed by atoms with van der Waals surface area (Å²) in [6, 6.07) is 8.06. The van der Waals surface area contributed by atoms with E-state index in [1.54, 1.807) is 24.5 Å². The Bertz CT molecular complexity index is 815. The molecule has 0 aliphatic rings. The molecule has 0 aliphatic carbocycles. The van der Waals surface area contributed by atoms with Crippen LogP contribution in [0.5, 0.6) is 0 Å². The van der Waals surface area contributed by atoms with Gasteiger partial charge < -0.3 is 14.1 Å². The van der Waals surface area contributed by atoms with Gasteiger partial charge in [-0.3, -0.25) is 0 Å². The average molecular weight is 333 g/mol. The van der Waals surface area contributed by atoms with Gasteiger partial charge >= 0.3 is 0 Å². The second-order valence-corrected chi connectivity index (χ2v) is 6.09. The minimum atomic E-state index is -0.906. The zero-order valence-corrected chi connectivity index (χ0v) is 13.5. The molecule has 7 heteroatoms. The number of hydrogen-bond donors (Lipinski definition) is 1. The van der Waals surface area contributed by atoms with Gasteiger partial charge in [0.2, 0.25) is 0 Å². The predicted molar refractivity (Wildman–Crippen MR) is 85.5 cm³/mol. The minimum Gasteiger partial charge on any atom is -0.469 e. The Hall–Kier alpha value is -2.12. The number of furan rings is 1. The highest BCUT2D eigenvalue weighted by Gasteiger charge is 2.17. The van der Waals surface area contributed by atoms with Gasteiger partial charge in [-0.15, -0.1) is 10.2 Å². The Morgan fingerprint density at radius 2 is 2.09 bits per heavy atom. The average Bonchev–Trinajstić information content (AvgIpc) is 3.11. The molecule has 2 heterocycles. The Balaban J connectivity index is 1.74. The Morgan fingerprint density at radius 3 is 2.78 bits per heavy atom. The molecule has 23 heavy (non-hydrogen) atoms. The van der Waals surface area contributed by atoms with Gasteiger partial charge in [-0.2, -0.15) is 0 Å². The Morgan fingerprint density at radius 1 is 1.30 bits per heavy atom. The van der Waals surface area contributed by atoms with Crippen molar-refractivity contribution in [3.8, 4) is 11.4 Å². The van der Waals surface area contributed by atoms with E-state index >= 15 is 0 Å². The summed E-state index contributed by atoms with van der Waals surface area (Å²) in [6.07, 6.45) is 0.700. The van der Waals surface area contributed by atoms with Crippen molar-refractivity contribution in [2.75, 3.05) is 5.75 Å². The fourth-order valence-corrected chi connectivity index (χ4v) is 3.15. The topological polar surface area (TPSA) is 64.1 Å². The number of thioether (sulfide) groups is 1. The van der Waals surface area contributed by atoms with Crippen LogP contribution in [0.25, 0.3) is 11.4 Å². The van der Waals surface area contributed by atoms with Crippen LogP contribution in [-0.4, -0.2) is 25.6 Å². The van der Waals surface area contributed by atoms with Gasteiger partial charge in [-0.1, -0.05) is 30.0 Å². The van der Waals surface area contributed by atoms with Gasteiger partial charge in [0.25, 0.3) is 0 Å². The van der Waals surface area contributed by atoms with E-state index in [2.05, 4.69) is 10.2 Å². The summed E-state index contributed by atoms with van der Waals surface area (Å²) in [7, 11) is 1.85. The van der Waals surface area contributed by atoms with Crippen LogP contribution in [-0.2, 0) is 7.05 Å². The normalized spacial score (nSPS) is 12.5. The molecule has 0 bridgehead atoms. The highest BCUT2D eigenvalue weighted by molar-refractivity contribution is 7.99. The second kappa shape index (κ2) is 6.55. The van der Waals surface area contributed by atoms with Crippen LogP contribution in [0.15, 0.2) is 46.2 Å². The van der Waals surface area contributed by atoms with Gasteiger partial charge in [0.15, 0.2) is 11.0 Å². The summed E-state index contributed by atoms with van der Waals surface area (Å²) in [5.41, 5.74) is 1.16. The first-order valence-corrected chi connectivity index (χ1v) is 8.05. The van der Waals surface area contributed by atoms with E-state index in [1.165, 1.54) is 17.8 Å². The number of aromatic nitrogens is 3. The molecule has 0 aliphatic heterocycles. The number of nitrogens with zero attached hydrogens (tertiary/aromatic N) is 3. The molecule has 0 saturated carbocycles. The van der Waals surface area contributed by atoms with E-state index < -0.39 is 11.9 Å². The molecule has 1 unspecified atom stereocenters. The maximum absolute atomic E-state index is 13.7. The quantitative estimate of drug-likeness (QED) is 0.726. The van der Waals surface area contributed by atoms with E-state index in [9.17, 15) is 9.50 Å². The zero-order valence-electron chi connectivity index (χ0n) is 12.7. The summed E-state index contributed by atoms with van der Waals surface area (Å²) in [4.78, 5) is 0. The van der Waals surface area contributed by atoms with Gasteiger partial charge in [-0.05, 0) is 19.1 Å². The third-order valence-electron chi connectivity index (χ3n) is 3.57. The van der Waals surface area contributed by atoms with Crippen molar-refractivity contribution < 1.29 is 13.9 Å². The van der Waals surface area contributed by atoms with Crippen molar-refractivity contribution in [2.45, 2.75) is 18.2 Å². The molecule has 120 valence electrons. The molecular weight excluding hydrogens is 317 g/mol. The van der Waals surface area contributed by atoms with Gasteiger partial charge in [0.05, 0.1) is 17.9 Å². The zero-order chi connectivity index (χ0) is 16.4. The molecular formula is C16H16FN3O2S. The molecule has 3 rings (SSSR count). The van der Waals surface area contributed by atoms with Crippen LogP contribution < -0.4 is 0 Å². The number of aliphatic hydroxyl groups is 1. The number of halogens is 1. The van der Waals surface area contributed by atoms with Crippen LogP contribution in [0.3, 0.4) is 0 Å². The van der Waals surface area contributed by atoms with E-state index in [1.807, 2.05) is 24.6 Å². The predicted octanol–water partition coefficient (Wildman–Crippen LogP) is 3.35. The monoisotopic (exact) mass is 333 g/mol. The fourth-order valence-electron chi connectivity index (χ4n) is 2.28. The van der Waals surface area contributed by atoms with Crippen LogP contribution in [0.1, 0.15) is 17.4 Å². The van der Waals surface area contributed by atoms with E-state index in [0.29, 0.717) is 11.0 Å². The Kier molecular flexibility index (Phi) is 4.49. The molecule has 0 amide bonds. The van der Waals surface area contributed by atoms with Crippen molar-refractivity contribution in [1.82, 2.24) is 14.8 Å². The summed E-state index contributed by atoms with van der Waals surface area (Å²) >= 11 is 1.32. The standard InChI is InChI=1S/C16H16FN3O2S/c1-10-11(7-8-22-10)15-18-19-16(20(15)2)23-9-14(21)12-5-3-4-6-13(12)17/h3-8,14,21H,9H2,1-2H3. The SMILES string of the molecule is Cc1occc1-c1nnc(SCC(O)c2ccccc2F)n1C. The van der Waals surface area contributed by atoms with E-state index in [0.717, 1.165) is 11.3 Å². The molecule has 1 aromatic carbocycles. The summed E-state index contributed by atoms with van der Waals surface area (Å²) in [5.74, 6) is 1.34. The van der Waals surface area contributed by atoms with Crippen LogP contribution >= 0.6 is 11.8 Å². The number of aliphatic hydroxyl groups excluding tert-OH is 1. The van der Waals surface area contributed by atoms with Crippen molar-refractivity contribution in [3.05, 3.63) is 53.7 Å². The van der Waals surface area contributed by atoms with E-state index in [4.69, 9.17) is 4.42 Å². The molecule has 0 radical (unpaired) electrons. The van der Waals surface area contributed by atoms with Crippen LogP contribution in [0.2, 0.25) is 0 Å². The fraction of sp³-hybridized carbons (Fsp3) is 0.250. The molecule has 0 fully saturated rings. The molecule has 2 aromatic heterocycles. The molecule has 0 spiro atoms. The van der Waals surface area contributed by atoms with Crippen molar-refractivity contribution in [3.63, 3.8) is 0 Å². The third kappa shape index (κ3) is 3.16. The van der Waals surface area contributed by atoms with Gasteiger partial charge in [-0.25, -0.2) is 4.39 Å². The number of benzene rings is 1. The molecule has 1 N–H and O–H groups in total. The molecule has 1 atom stereocenters. The van der Waals surface area contributed by atoms with E-state index in [-0.39, 0.29) is 11.3 Å². The third-order valence-corrected chi connectivity index (χ3v) is 4.67. The highest BCUT2D eigenvalue weighted by atomic mass is 32.2. The molecule has 5 nitrogen and oxygen atoms in total. The first-order valence-electron chi connectivity index (χ1n) is 7.07. The highest BCUT2D eigenvalue weighted by Crippen LogP contribution is 2.28. The number of aryl methyl sites for hydroxylation is 1. The molecule has 3 aromatic rings. The van der Waals surface area contributed by atoms with Crippen molar-refractivity contribution in [2.24, 2.45) is 7.05 Å². The number of rotatable bonds is 5. The maximum Gasteiger partial charge on any atom is 0.191 e.